The molecule has 0 bridgehead atoms. The molecule has 3 atom stereocenters. The third-order valence-electron chi connectivity index (χ3n) is 6.14. The van der Waals surface area contributed by atoms with E-state index in [0.29, 0.717) is 39.3 Å². The van der Waals surface area contributed by atoms with Gasteiger partial charge < -0.3 is 30.5 Å². The van der Waals surface area contributed by atoms with Crippen molar-refractivity contribution in [3.63, 3.8) is 0 Å². The summed E-state index contributed by atoms with van der Waals surface area (Å²) < 4.78 is 11.0. The maximum Gasteiger partial charge on any atom is 0.317 e. The van der Waals surface area contributed by atoms with Gasteiger partial charge in [0.2, 0.25) is 0 Å². The van der Waals surface area contributed by atoms with Crippen LogP contribution in [0.4, 0.5) is 4.79 Å². The molecule has 4 N–H and O–H groups in total. The van der Waals surface area contributed by atoms with Gasteiger partial charge in [0.25, 0.3) is 0 Å². The molecule has 0 unspecified atom stereocenters. The number of likely N-dealkylation sites (tertiary alicyclic amines) is 1. The molecule has 7 nitrogen and oxygen atoms in total. The van der Waals surface area contributed by atoms with Crippen LogP contribution in [0.25, 0.3) is 0 Å². The van der Waals surface area contributed by atoms with E-state index in [1.807, 2.05) is 56.0 Å². The van der Waals surface area contributed by atoms with E-state index in [1.165, 1.54) is 0 Å². The monoisotopic (exact) mass is 449 g/mol. The van der Waals surface area contributed by atoms with Crippen LogP contribution in [-0.4, -0.2) is 67.6 Å². The summed E-state index contributed by atoms with van der Waals surface area (Å²) in [6.45, 7) is 8.50. The molecule has 182 valence electrons. The van der Waals surface area contributed by atoms with Crippen molar-refractivity contribution in [1.29, 1.82) is 0 Å². The topological polar surface area (TPSA) is 97.1 Å². The fraction of sp³-hybridized carbons (Fsp3) is 0.720. The van der Waals surface area contributed by atoms with E-state index in [2.05, 4.69) is 5.32 Å². The number of piperidine rings is 1. The summed E-state index contributed by atoms with van der Waals surface area (Å²) in [6, 6.07) is 9.48. The minimum atomic E-state index is -0.976. The number of methoxy groups -OCH3 is 1. The van der Waals surface area contributed by atoms with Crippen molar-refractivity contribution >= 4 is 6.03 Å². The van der Waals surface area contributed by atoms with E-state index in [0.717, 1.165) is 31.2 Å². The standard InChI is InChI=1S/C25H43N3O4/c1-24(2,3)32-19-22(17-26)27-23(29)28-15-10-13-21(18-28)25(30,14-8-9-16-31-4)20-11-6-5-7-12-20/h5-7,11-12,21-22,30H,8-10,13-19,26H2,1-4H3,(H,27,29)/t21-,22-,25-/m1/s1. The van der Waals surface area contributed by atoms with Crippen molar-refractivity contribution in [3.05, 3.63) is 35.9 Å². The first-order valence-electron chi connectivity index (χ1n) is 11.9. The van der Waals surface area contributed by atoms with Crippen molar-refractivity contribution in [2.75, 3.05) is 40.0 Å². The lowest BCUT2D eigenvalue weighted by atomic mass is 9.74. The molecule has 1 aromatic carbocycles. The second kappa shape index (κ2) is 12.5. The molecule has 1 aromatic rings. The molecule has 1 aliphatic rings. The molecule has 1 aliphatic heterocycles. The normalized spacial score (nSPS) is 19.9. The minimum Gasteiger partial charge on any atom is -0.385 e. The Morgan fingerprint density at radius 1 is 1.28 bits per heavy atom. The predicted octanol–water partition coefficient (Wildman–Crippen LogP) is 3.25. The number of unbranched alkanes of at least 4 members (excludes halogenated alkanes) is 1. The van der Waals surface area contributed by atoms with Gasteiger partial charge in [-0.1, -0.05) is 30.3 Å². The van der Waals surface area contributed by atoms with Crippen molar-refractivity contribution in [2.45, 2.75) is 70.1 Å². The smallest absolute Gasteiger partial charge is 0.317 e. The molecule has 2 rings (SSSR count). The maximum absolute atomic E-state index is 13.0. The summed E-state index contributed by atoms with van der Waals surface area (Å²) in [6.07, 6.45) is 4.14. The zero-order chi connectivity index (χ0) is 23.6. The van der Waals surface area contributed by atoms with Gasteiger partial charge in [-0.25, -0.2) is 4.79 Å². The summed E-state index contributed by atoms with van der Waals surface area (Å²) >= 11 is 0. The van der Waals surface area contributed by atoms with E-state index >= 15 is 0 Å². The molecule has 32 heavy (non-hydrogen) atoms. The molecule has 2 amide bonds. The SMILES string of the molecule is COCCCC[C@@](O)(c1ccccc1)[C@@H]1CCCN(C(=O)N[C@H](CN)COC(C)(C)C)C1. The number of nitrogens with two attached hydrogens (primary N) is 1. The number of aliphatic hydroxyl groups is 1. The highest BCUT2D eigenvalue weighted by Gasteiger charge is 2.41. The van der Waals surface area contributed by atoms with Crippen molar-refractivity contribution in [2.24, 2.45) is 11.7 Å². The van der Waals surface area contributed by atoms with E-state index in [1.54, 1.807) is 7.11 Å². The Balaban J connectivity index is 2.07. The van der Waals surface area contributed by atoms with E-state index < -0.39 is 5.60 Å². The molecule has 0 aromatic heterocycles. The summed E-state index contributed by atoms with van der Waals surface area (Å²) in [5, 5.41) is 14.9. The number of nitrogens with zero attached hydrogens (tertiary/aromatic N) is 1. The second-order valence-electron chi connectivity index (χ2n) is 9.83. The van der Waals surface area contributed by atoms with Crippen LogP contribution in [-0.2, 0) is 15.1 Å². The zero-order valence-corrected chi connectivity index (χ0v) is 20.3. The number of hydrogen-bond donors (Lipinski definition) is 3. The second-order valence-corrected chi connectivity index (χ2v) is 9.83. The van der Waals surface area contributed by atoms with Crippen molar-refractivity contribution in [3.8, 4) is 0 Å². The first-order valence-corrected chi connectivity index (χ1v) is 11.9. The summed E-state index contributed by atoms with van der Waals surface area (Å²) in [5.41, 5.74) is 5.52. The predicted molar refractivity (Wildman–Crippen MR) is 127 cm³/mol. The Morgan fingerprint density at radius 2 is 2.00 bits per heavy atom. The Morgan fingerprint density at radius 3 is 2.62 bits per heavy atom. The van der Waals surface area contributed by atoms with Crippen LogP contribution in [0.3, 0.4) is 0 Å². The highest BCUT2D eigenvalue weighted by Crippen LogP contribution is 2.39. The summed E-state index contributed by atoms with van der Waals surface area (Å²) in [7, 11) is 1.70. The van der Waals surface area contributed by atoms with Crippen LogP contribution in [0, 0.1) is 5.92 Å². The van der Waals surface area contributed by atoms with E-state index in [9.17, 15) is 9.90 Å². The lowest BCUT2D eigenvalue weighted by Crippen LogP contribution is -2.54. The number of urea groups is 1. The van der Waals surface area contributed by atoms with Gasteiger partial charge in [0, 0.05) is 39.3 Å². The van der Waals surface area contributed by atoms with E-state index in [-0.39, 0.29) is 23.6 Å². The molecule has 0 radical (unpaired) electrons. The number of rotatable bonds is 11. The molecule has 1 fully saturated rings. The van der Waals surface area contributed by atoms with Crippen molar-refractivity contribution < 1.29 is 19.4 Å². The van der Waals surface area contributed by atoms with Crippen molar-refractivity contribution in [1.82, 2.24) is 10.2 Å². The molecule has 0 spiro atoms. The first-order chi connectivity index (χ1) is 15.2. The molecule has 0 saturated carbocycles. The number of carbonyl (C=O) groups is 1. The van der Waals surface area contributed by atoms with Gasteiger partial charge >= 0.3 is 6.03 Å². The Hall–Kier alpha value is -1.67. The number of ether oxygens (including phenoxy) is 2. The van der Waals surface area contributed by atoms with Gasteiger partial charge in [-0.3, -0.25) is 0 Å². The lowest BCUT2D eigenvalue weighted by molar-refractivity contribution is -0.0568. The Kier molecular flexibility index (Phi) is 10.4. The van der Waals surface area contributed by atoms with Gasteiger partial charge in [-0.05, 0) is 58.4 Å². The average molecular weight is 450 g/mol. The van der Waals surface area contributed by atoms with Gasteiger partial charge in [0.1, 0.15) is 0 Å². The van der Waals surface area contributed by atoms with Gasteiger partial charge in [0.05, 0.1) is 23.9 Å². The third kappa shape index (κ3) is 8.03. The maximum atomic E-state index is 13.0. The molecule has 1 saturated heterocycles. The Bertz CT molecular complexity index is 680. The number of benzene rings is 1. The highest BCUT2D eigenvalue weighted by atomic mass is 16.5. The lowest BCUT2D eigenvalue weighted by Gasteiger charge is -2.43. The van der Waals surface area contributed by atoms with Crippen LogP contribution >= 0.6 is 0 Å². The summed E-state index contributed by atoms with van der Waals surface area (Å²) in [4.78, 5) is 14.8. The number of nitrogens with one attached hydrogen (secondary N) is 1. The van der Waals surface area contributed by atoms with Gasteiger partial charge in [0.15, 0.2) is 0 Å². The van der Waals surface area contributed by atoms with Gasteiger partial charge in [-0.15, -0.1) is 0 Å². The van der Waals surface area contributed by atoms with Crippen LogP contribution in [0.1, 0.15) is 58.4 Å². The zero-order valence-electron chi connectivity index (χ0n) is 20.3. The molecule has 1 heterocycles. The Labute approximate surface area is 193 Å². The average Bonchev–Trinajstić information content (AvgIpc) is 2.79. The molecule has 7 heteroatoms. The highest BCUT2D eigenvalue weighted by molar-refractivity contribution is 5.74. The fourth-order valence-electron chi connectivity index (χ4n) is 4.29. The summed E-state index contributed by atoms with van der Waals surface area (Å²) in [5.74, 6) is -0.0332. The minimum absolute atomic E-state index is 0.0332. The first kappa shape index (κ1) is 26.6. The van der Waals surface area contributed by atoms with Gasteiger partial charge in [-0.2, -0.15) is 0 Å². The quantitative estimate of drug-likeness (QED) is 0.451. The van der Waals surface area contributed by atoms with Crippen LogP contribution in [0.15, 0.2) is 30.3 Å². The largest absolute Gasteiger partial charge is 0.385 e. The fourth-order valence-corrected chi connectivity index (χ4v) is 4.29. The van der Waals surface area contributed by atoms with Crippen LogP contribution in [0.5, 0.6) is 0 Å². The third-order valence-corrected chi connectivity index (χ3v) is 6.14. The van der Waals surface area contributed by atoms with Crippen LogP contribution < -0.4 is 11.1 Å². The molecular formula is C25H43N3O4. The number of carbonyl (C=O) groups excluding carboxylic acids is 1. The van der Waals surface area contributed by atoms with Crippen LogP contribution in [0.2, 0.25) is 0 Å². The molecule has 0 aliphatic carbocycles. The number of hydrogen-bond acceptors (Lipinski definition) is 5. The number of amides is 2. The molecular weight excluding hydrogens is 406 g/mol. The van der Waals surface area contributed by atoms with E-state index in [4.69, 9.17) is 15.2 Å².